The van der Waals surface area contributed by atoms with Gasteiger partial charge in [-0.25, -0.2) is 4.68 Å². The van der Waals surface area contributed by atoms with Crippen LogP contribution in [-0.4, -0.2) is 27.6 Å². The van der Waals surface area contributed by atoms with Gasteiger partial charge in [-0.05, 0) is 32.4 Å². The van der Waals surface area contributed by atoms with Crippen molar-refractivity contribution in [3.63, 3.8) is 0 Å². The zero-order valence-electron chi connectivity index (χ0n) is 10.7. The summed E-state index contributed by atoms with van der Waals surface area (Å²) in [4.78, 5) is 11.3. The Morgan fingerprint density at radius 1 is 1.44 bits per heavy atom. The van der Waals surface area contributed by atoms with E-state index in [1.165, 1.54) is 0 Å². The molecule has 0 aliphatic rings. The van der Waals surface area contributed by atoms with Crippen LogP contribution in [-0.2, 0) is 9.53 Å². The number of hydrogen-bond donors (Lipinski definition) is 0. The lowest BCUT2D eigenvalue weighted by molar-refractivity contribution is -0.143. The van der Waals surface area contributed by atoms with Crippen LogP contribution >= 0.6 is 0 Å². The first-order valence-electron chi connectivity index (χ1n) is 6.18. The van der Waals surface area contributed by atoms with Crippen LogP contribution in [0.1, 0.15) is 32.7 Å². The quantitative estimate of drug-likeness (QED) is 0.761. The first-order chi connectivity index (χ1) is 8.72. The summed E-state index contributed by atoms with van der Waals surface area (Å²) in [6.45, 7) is 4.27. The van der Waals surface area contributed by atoms with Crippen LogP contribution in [0.2, 0.25) is 0 Å². The number of ether oxygens (including phenoxy) is 1. The summed E-state index contributed by atoms with van der Waals surface area (Å²) in [5.41, 5.74) is 1.87. The Morgan fingerprint density at radius 2 is 2.22 bits per heavy atom. The molecule has 1 aromatic heterocycles. The van der Waals surface area contributed by atoms with Gasteiger partial charge in [0.15, 0.2) is 0 Å². The van der Waals surface area contributed by atoms with E-state index < -0.39 is 0 Å². The largest absolute Gasteiger partial charge is 0.466 e. The van der Waals surface area contributed by atoms with E-state index in [0.717, 1.165) is 11.0 Å². The summed E-state index contributed by atoms with van der Waals surface area (Å²) >= 11 is 0. The molecule has 1 atom stereocenters. The van der Waals surface area contributed by atoms with Gasteiger partial charge in [0, 0.05) is 6.42 Å². The number of nitrogens with zero attached hydrogens (tertiary/aromatic N) is 3. The highest BCUT2D eigenvalue weighted by Gasteiger charge is 2.12. The fourth-order valence-electron chi connectivity index (χ4n) is 1.89. The molecule has 96 valence electrons. The molecule has 0 radical (unpaired) electrons. The highest BCUT2D eigenvalue weighted by Crippen LogP contribution is 2.18. The van der Waals surface area contributed by atoms with Crippen molar-refractivity contribution >= 4 is 17.0 Å². The van der Waals surface area contributed by atoms with E-state index in [1.807, 2.05) is 42.8 Å². The lowest BCUT2D eigenvalue weighted by Gasteiger charge is -2.11. The van der Waals surface area contributed by atoms with Crippen LogP contribution in [0.25, 0.3) is 11.0 Å². The third kappa shape index (κ3) is 2.67. The zero-order chi connectivity index (χ0) is 13.0. The fourth-order valence-corrected chi connectivity index (χ4v) is 1.89. The van der Waals surface area contributed by atoms with E-state index in [-0.39, 0.29) is 12.0 Å². The minimum Gasteiger partial charge on any atom is -0.466 e. The highest BCUT2D eigenvalue weighted by molar-refractivity contribution is 5.74. The molecule has 18 heavy (non-hydrogen) atoms. The van der Waals surface area contributed by atoms with Gasteiger partial charge in [-0.15, -0.1) is 5.10 Å². The molecular formula is C13H17N3O2. The third-order valence-electron chi connectivity index (χ3n) is 2.87. The zero-order valence-corrected chi connectivity index (χ0v) is 10.7. The first-order valence-corrected chi connectivity index (χ1v) is 6.18. The second-order valence-electron chi connectivity index (χ2n) is 4.22. The molecule has 1 aromatic carbocycles. The SMILES string of the molecule is CCOC(=O)CCC(C)n1nnc2ccccc21. The minimum atomic E-state index is -0.159. The standard InChI is InChI=1S/C13H17N3O2/c1-3-18-13(17)9-8-10(2)16-12-7-5-4-6-11(12)14-15-16/h4-7,10H,3,8-9H2,1-2H3. The van der Waals surface area contributed by atoms with Crippen molar-refractivity contribution in [2.75, 3.05) is 6.61 Å². The Morgan fingerprint density at radius 3 is 3.00 bits per heavy atom. The molecule has 5 nitrogen and oxygen atoms in total. The molecule has 1 unspecified atom stereocenters. The Labute approximate surface area is 106 Å². The molecular weight excluding hydrogens is 230 g/mol. The molecule has 0 saturated heterocycles. The molecule has 5 heteroatoms. The molecule has 0 bridgehead atoms. The van der Waals surface area contributed by atoms with Gasteiger partial charge in [0.1, 0.15) is 5.52 Å². The van der Waals surface area contributed by atoms with E-state index in [2.05, 4.69) is 10.3 Å². The molecule has 0 N–H and O–H groups in total. The van der Waals surface area contributed by atoms with Crippen LogP contribution in [0, 0.1) is 0 Å². The predicted octanol–water partition coefficient (Wildman–Crippen LogP) is 2.34. The Kier molecular flexibility index (Phi) is 3.92. The van der Waals surface area contributed by atoms with Gasteiger partial charge in [-0.1, -0.05) is 17.3 Å². The predicted molar refractivity (Wildman–Crippen MR) is 68.1 cm³/mol. The Bertz CT molecular complexity index is 536. The van der Waals surface area contributed by atoms with Gasteiger partial charge in [0.25, 0.3) is 0 Å². The molecule has 0 amide bonds. The summed E-state index contributed by atoms with van der Waals surface area (Å²) in [5, 5.41) is 8.23. The monoisotopic (exact) mass is 247 g/mol. The van der Waals surface area contributed by atoms with Crippen molar-refractivity contribution in [3.8, 4) is 0 Å². The summed E-state index contributed by atoms with van der Waals surface area (Å²) < 4.78 is 6.77. The molecule has 0 aliphatic heterocycles. The summed E-state index contributed by atoms with van der Waals surface area (Å²) in [5.74, 6) is -0.159. The van der Waals surface area contributed by atoms with Gasteiger partial charge in [-0.3, -0.25) is 4.79 Å². The number of esters is 1. The molecule has 2 rings (SSSR count). The molecule has 1 heterocycles. The van der Waals surface area contributed by atoms with Crippen molar-refractivity contribution < 1.29 is 9.53 Å². The highest BCUT2D eigenvalue weighted by atomic mass is 16.5. The number of rotatable bonds is 5. The maximum atomic E-state index is 11.3. The summed E-state index contributed by atoms with van der Waals surface area (Å²) in [7, 11) is 0. The summed E-state index contributed by atoms with van der Waals surface area (Å²) in [6.07, 6.45) is 1.11. The van der Waals surface area contributed by atoms with Crippen LogP contribution < -0.4 is 0 Å². The average Bonchev–Trinajstić information content (AvgIpc) is 2.80. The number of carbonyl (C=O) groups excluding carboxylic acids is 1. The smallest absolute Gasteiger partial charge is 0.305 e. The third-order valence-corrected chi connectivity index (χ3v) is 2.87. The van der Waals surface area contributed by atoms with E-state index in [1.54, 1.807) is 0 Å². The van der Waals surface area contributed by atoms with Crippen LogP contribution in [0.15, 0.2) is 24.3 Å². The lowest BCUT2D eigenvalue weighted by Crippen LogP contribution is -2.11. The van der Waals surface area contributed by atoms with E-state index >= 15 is 0 Å². The molecule has 0 saturated carbocycles. The molecule has 0 fully saturated rings. The van der Waals surface area contributed by atoms with E-state index in [4.69, 9.17) is 4.74 Å². The molecule has 2 aromatic rings. The van der Waals surface area contributed by atoms with Gasteiger partial charge in [0.2, 0.25) is 0 Å². The van der Waals surface area contributed by atoms with Crippen molar-refractivity contribution in [1.82, 2.24) is 15.0 Å². The second-order valence-corrected chi connectivity index (χ2v) is 4.22. The number of hydrogen-bond acceptors (Lipinski definition) is 4. The normalized spacial score (nSPS) is 12.6. The lowest BCUT2D eigenvalue weighted by atomic mass is 10.2. The topological polar surface area (TPSA) is 57.0 Å². The van der Waals surface area contributed by atoms with Gasteiger partial charge in [0.05, 0.1) is 18.2 Å². The second kappa shape index (κ2) is 5.62. The average molecular weight is 247 g/mol. The summed E-state index contributed by atoms with van der Waals surface area (Å²) in [6, 6.07) is 7.93. The Balaban J connectivity index is 2.05. The van der Waals surface area contributed by atoms with Crippen LogP contribution in [0.4, 0.5) is 0 Å². The van der Waals surface area contributed by atoms with Gasteiger partial charge < -0.3 is 4.74 Å². The van der Waals surface area contributed by atoms with Crippen molar-refractivity contribution in [1.29, 1.82) is 0 Å². The number of para-hydroxylation sites is 1. The molecule has 0 spiro atoms. The maximum Gasteiger partial charge on any atom is 0.305 e. The van der Waals surface area contributed by atoms with Gasteiger partial charge >= 0.3 is 5.97 Å². The van der Waals surface area contributed by atoms with Crippen LogP contribution in [0.3, 0.4) is 0 Å². The van der Waals surface area contributed by atoms with Crippen LogP contribution in [0.5, 0.6) is 0 Å². The van der Waals surface area contributed by atoms with Crippen molar-refractivity contribution in [2.24, 2.45) is 0 Å². The Hall–Kier alpha value is -1.91. The molecule has 0 aliphatic carbocycles. The van der Waals surface area contributed by atoms with Gasteiger partial charge in [-0.2, -0.15) is 0 Å². The minimum absolute atomic E-state index is 0.127. The maximum absolute atomic E-state index is 11.3. The van der Waals surface area contributed by atoms with E-state index in [9.17, 15) is 4.79 Å². The number of aromatic nitrogens is 3. The number of benzene rings is 1. The number of fused-ring (bicyclic) bond motifs is 1. The number of carbonyl (C=O) groups is 1. The van der Waals surface area contributed by atoms with Crippen molar-refractivity contribution in [3.05, 3.63) is 24.3 Å². The van der Waals surface area contributed by atoms with E-state index in [0.29, 0.717) is 19.4 Å². The fraction of sp³-hybridized carbons (Fsp3) is 0.462. The van der Waals surface area contributed by atoms with Crippen molar-refractivity contribution in [2.45, 2.75) is 32.7 Å². The first kappa shape index (κ1) is 12.5.